The predicted octanol–water partition coefficient (Wildman–Crippen LogP) is 1.79. The molecule has 34 heavy (non-hydrogen) atoms. The molecule has 0 spiro atoms. The molecule has 9 nitrogen and oxygen atoms in total. The van der Waals surface area contributed by atoms with Crippen LogP contribution in [0.4, 0.5) is 14.6 Å². The van der Waals surface area contributed by atoms with E-state index in [9.17, 15) is 27.8 Å². The summed E-state index contributed by atoms with van der Waals surface area (Å²) in [6, 6.07) is 10.4. The van der Waals surface area contributed by atoms with Gasteiger partial charge in [0.2, 0.25) is 5.91 Å². The molecule has 0 fully saturated rings. The van der Waals surface area contributed by atoms with Gasteiger partial charge in [-0.05, 0) is 17.7 Å². The summed E-state index contributed by atoms with van der Waals surface area (Å²) in [4.78, 5) is 29.4. The third-order valence-corrected chi connectivity index (χ3v) is 6.06. The fourth-order valence-corrected chi connectivity index (χ4v) is 4.02. The average Bonchev–Trinajstić information content (AvgIpc) is 2.80. The highest BCUT2D eigenvalue weighted by Crippen LogP contribution is 2.25. The standard InChI is InChI=1S/C21H20ClF2N5O4S/c1-34(33)15-7-3-2-6-14(15)10-25-18(30)12-28-17(22)11-26-19(20(28)31)27-13-21(23,24)16-8-4-5-9-29(16)32/h2-9,11H,10,12-13H2,1H3,(H,25,30)(H,26,27). The molecule has 2 aromatic heterocycles. The molecule has 1 amide bonds. The van der Waals surface area contributed by atoms with Gasteiger partial charge < -0.3 is 15.8 Å². The van der Waals surface area contributed by atoms with Gasteiger partial charge in [-0.2, -0.15) is 13.5 Å². The molecule has 0 bridgehead atoms. The van der Waals surface area contributed by atoms with Crippen molar-refractivity contribution in [1.82, 2.24) is 14.9 Å². The lowest BCUT2D eigenvalue weighted by atomic mass is 10.2. The van der Waals surface area contributed by atoms with Gasteiger partial charge in [-0.15, -0.1) is 0 Å². The monoisotopic (exact) mass is 511 g/mol. The molecule has 0 saturated carbocycles. The third-order valence-electron chi connectivity index (χ3n) is 4.74. The largest absolute Gasteiger partial charge is 0.618 e. The summed E-state index contributed by atoms with van der Waals surface area (Å²) in [6.45, 7) is -1.52. The molecule has 0 aliphatic carbocycles. The Kier molecular flexibility index (Phi) is 7.94. The molecule has 3 rings (SSSR count). The lowest BCUT2D eigenvalue weighted by Gasteiger charge is -2.17. The van der Waals surface area contributed by atoms with Crippen molar-refractivity contribution in [1.29, 1.82) is 0 Å². The quantitative estimate of drug-likeness (QED) is 0.334. The molecule has 3 aromatic rings. The number of nitrogens with one attached hydrogen (secondary N) is 2. The Morgan fingerprint density at radius 1 is 1.26 bits per heavy atom. The smallest absolute Gasteiger partial charge is 0.347 e. The van der Waals surface area contributed by atoms with Gasteiger partial charge >= 0.3 is 5.92 Å². The number of hydrogen-bond acceptors (Lipinski definition) is 6. The van der Waals surface area contributed by atoms with Crippen LogP contribution in [0.25, 0.3) is 0 Å². The molecular formula is C21H20ClF2N5O4S. The van der Waals surface area contributed by atoms with E-state index in [1.165, 1.54) is 18.4 Å². The zero-order chi connectivity index (χ0) is 24.9. The van der Waals surface area contributed by atoms with E-state index in [0.717, 1.165) is 23.0 Å². The van der Waals surface area contributed by atoms with Gasteiger partial charge in [0.25, 0.3) is 11.3 Å². The summed E-state index contributed by atoms with van der Waals surface area (Å²) >= 11 is 6.00. The summed E-state index contributed by atoms with van der Waals surface area (Å²) in [5, 5.41) is 16.3. The Morgan fingerprint density at radius 3 is 2.68 bits per heavy atom. The number of aromatic nitrogens is 3. The molecule has 0 radical (unpaired) electrons. The first-order valence-electron chi connectivity index (χ1n) is 9.84. The second-order valence-electron chi connectivity index (χ2n) is 7.13. The van der Waals surface area contributed by atoms with E-state index in [-0.39, 0.29) is 16.4 Å². The average molecular weight is 512 g/mol. The molecule has 13 heteroatoms. The van der Waals surface area contributed by atoms with Crippen molar-refractivity contribution in [2.24, 2.45) is 0 Å². The van der Waals surface area contributed by atoms with Crippen molar-refractivity contribution in [2.75, 3.05) is 18.1 Å². The van der Waals surface area contributed by atoms with Crippen molar-refractivity contribution >= 4 is 34.1 Å². The van der Waals surface area contributed by atoms with E-state index in [0.29, 0.717) is 10.5 Å². The number of anilines is 1. The van der Waals surface area contributed by atoms with Gasteiger partial charge in [0, 0.05) is 29.8 Å². The van der Waals surface area contributed by atoms with Gasteiger partial charge in [-0.25, -0.2) is 4.98 Å². The first-order chi connectivity index (χ1) is 16.1. The Hall–Kier alpha value is -3.38. The van der Waals surface area contributed by atoms with Crippen LogP contribution in [0, 0.1) is 5.21 Å². The molecule has 2 N–H and O–H groups in total. The molecular weight excluding hydrogens is 492 g/mol. The van der Waals surface area contributed by atoms with Crippen LogP contribution in [0.3, 0.4) is 0 Å². The third kappa shape index (κ3) is 5.94. The number of carbonyl (C=O) groups is 1. The summed E-state index contributed by atoms with van der Waals surface area (Å²) in [5.74, 6) is -4.65. The molecule has 2 heterocycles. The lowest BCUT2D eigenvalue weighted by Crippen LogP contribution is -2.41. The number of amides is 1. The number of pyridine rings is 1. The van der Waals surface area contributed by atoms with Gasteiger partial charge in [0.1, 0.15) is 11.7 Å². The number of alkyl halides is 2. The van der Waals surface area contributed by atoms with E-state index < -0.39 is 52.8 Å². The zero-order valence-corrected chi connectivity index (χ0v) is 19.4. The van der Waals surface area contributed by atoms with E-state index in [1.54, 1.807) is 24.3 Å². The van der Waals surface area contributed by atoms with Crippen LogP contribution in [0.1, 0.15) is 11.3 Å². The highest BCUT2D eigenvalue weighted by Gasteiger charge is 2.39. The van der Waals surface area contributed by atoms with Gasteiger partial charge in [-0.1, -0.05) is 29.8 Å². The Balaban J connectivity index is 1.71. The Labute approximate surface area is 200 Å². The minimum Gasteiger partial charge on any atom is -0.618 e. The first-order valence-corrected chi connectivity index (χ1v) is 11.8. The summed E-state index contributed by atoms with van der Waals surface area (Å²) in [6.07, 6.45) is 3.50. The number of rotatable bonds is 9. The van der Waals surface area contributed by atoms with Crippen molar-refractivity contribution < 1.29 is 22.5 Å². The second kappa shape index (κ2) is 10.7. The van der Waals surface area contributed by atoms with Crippen LogP contribution >= 0.6 is 11.6 Å². The SMILES string of the molecule is CS(=O)c1ccccc1CNC(=O)Cn1c(Cl)cnc(NCC(F)(F)c2cccc[n+]2[O-])c1=O. The van der Waals surface area contributed by atoms with Crippen molar-refractivity contribution in [3.63, 3.8) is 0 Å². The van der Waals surface area contributed by atoms with Crippen molar-refractivity contribution in [3.8, 4) is 0 Å². The van der Waals surface area contributed by atoms with E-state index in [4.69, 9.17) is 11.6 Å². The number of hydrogen-bond donors (Lipinski definition) is 2. The fourth-order valence-electron chi connectivity index (χ4n) is 3.06. The van der Waals surface area contributed by atoms with E-state index in [2.05, 4.69) is 15.6 Å². The maximum Gasteiger partial charge on any atom is 0.347 e. The number of halogens is 3. The number of benzene rings is 1. The summed E-state index contributed by atoms with van der Waals surface area (Å²) in [7, 11) is -1.26. The van der Waals surface area contributed by atoms with E-state index >= 15 is 0 Å². The lowest BCUT2D eigenvalue weighted by molar-refractivity contribution is -0.624. The van der Waals surface area contributed by atoms with Crippen LogP contribution in [0.5, 0.6) is 0 Å². The molecule has 1 atom stereocenters. The molecule has 0 aliphatic heterocycles. The number of nitrogens with zero attached hydrogens (tertiary/aromatic N) is 3. The van der Waals surface area contributed by atoms with Crippen LogP contribution in [0.2, 0.25) is 5.15 Å². The highest BCUT2D eigenvalue weighted by atomic mass is 35.5. The molecule has 180 valence electrons. The molecule has 0 aliphatic rings. The summed E-state index contributed by atoms with van der Waals surface area (Å²) < 4.78 is 41.6. The van der Waals surface area contributed by atoms with E-state index in [1.807, 2.05) is 0 Å². The van der Waals surface area contributed by atoms with Crippen LogP contribution in [-0.2, 0) is 34.6 Å². The minimum atomic E-state index is -3.61. The van der Waals surface area contributed by atoms with Crippen molar-refractivity contribution in [2.45, 2.75) is 23.9 Å². The van der Waals surface area contributed by atoms with Gasteiger partial charge in [0.05, 0.1) is 23.5 Å². The topological polar surface area (TPSA) is 120 Å². The Bertz CT molecular complexity index is 1290. The summed E-state index contributed by atoms with van der Waals surface area (Å²) in [5.41, 5.74) is -1.05. The van der Waals surface area contributed by atoms with Crippen LogP contribution in [-0.4, -0.2) is 32.5 Å². The number of carbonyl (C=O) groups excluding carboxylic acids is 1. The maximum atomic E-state index is 14.4. The highest BCUT2D eigenvalue weighted by molar-refractivity contribution is 7.84. The normalized spacial score (nSPS) is 12.2. The maximum absolute atomic E-state index is 14.4. The fraction of sp³-hybridized carbons (Fsp3) is 0.238. The van der Waals surface area contributed by atoms with Crippen LogP contribution < -0.4 is 20.9 Å². The zero-order valence-electron chi connectivity index (χ0n) is 17.8. The molecule has 1 unspecified atom stereocenters. The Morgan fingerprint density at radius 2 is 1.97 bits per heavy atom. The van der Waals surface area contributed by atoms with Gasteiger partial charge in [0.15, 0.2) is 12.0 Å². The predicted molar refractivity (Wildman–Crippen MR) is 122 cm³/mol. The molecule has 0 saturated heterocycles. The second-order valence-corrected chi connectivity index (χ2v) is 8.86. The first kappa shape index (κ1) is 25.2. The van der Waals surface area contributed by atoms with Crippen LogP contribution in [0.15, 0.2) is 64.5 Å². The van der Waals surface area contributed by atoms with Crippen molar-refractivity contribution in [3.05, 3.63) is 86.8 Å². The molecule has 1 aromatic carbocycles. The minimum absolute atomic E-state index is 0.0336. The van der Waals surface area contributed by atoms with Gasteiger partial charge in [-0.3, -0.25) is 18.4 Å².